The van der Waals surface area contributed by atoms with Crippen LogP contribution in [-0.4, -0.2) is 4.98 Å². The Morgan fingerprint density at radius 1 is 1.26 bits per heavy atom. The lowest BCUT2D eigenvalue weighted by Crippen LogP contribution is -1.96. The molecule has 0 spiro atoms. The average Bonchev–Trinajstić information content (AvgIpc) is 2.41. The Morgan fingerprint density at radius 2 is 2.05 bits per heavy atom. The molecule has 2 rings (SSSR count). The summed E-state index contributed by atoms with van der Waals surface area (Å²) in [7, 11) is 0. The zero-order chi connectivity index (χ0) is 13.7. The van der Waals surface area contributed by atoms with Gasteiger partial charge >= 0.3 is 0 Å². The minimum atomic E-state index is 0.474. The van der Waals surface area contributed by atoms with Gasteiger partial charge in [0.05, 0.1) is 3.57 Å². The number of alkyl halides is 1. The molecule has 2 aromatic rings. The second-order valence-corrected chi connectivity index (χ2v) is 5.65. The molecule has 100 valence electrons. The number of ether oxygens (including phenoxy) is 1. The fraction of sp³-hybridized carbons (Fsp3) is 0.267. The van der Waals surface area contributed by atoms with Gasteiger partial charge in [-0.2, -0.15) is 0 Å². The van der Waals surface area contributed by atoms with Crippen LogP contribution >= 0.6 is 34.2 Å². The maximum atomic E-state index is 5.92. The zero-order valence-corrected chi connectivity index (χ0v) is 13.6. The monoisotopic (exact) mass is 387 g/mol. The van der Waals surface area contributed by atoms with Crippen LogP contribution in [0.4, 0.5) is 0 Å². The molecule has 0 aliphatic rings. The van der Waals surface area contributed by atoms with E-state index in [4.69, 9.17) is 16.3 Å². The third kappa shape index (κ3) is 4.08. The number of halogens is 2. The lowest BCUT2D eigenvalue weighted by atomic mass is 10.2. The summed E-state index contributed by atoms with van der Waals surface area (Å²) >= 11 is 8.17. The predicted molar refractivity (Wildman–Crippen MR) is 87.0 cm³/mol. The van der Waals surface area contributed by atoms with E-state index in [-0.39, 0.29) is 0 Å². The Balaban J connectivity index is 2.29. The molecule has 0 unspecified atom stereocenters. The number of nitrogens with zero attached hydrogens (tertiary/aromatic N) is 1. The summed E-state index contributed by atoms with van der Waals surface area (Å²) in [5, 5.41) is 0. The van der Waals surface area contributed by atoms with Gasteiger partial charge in [0, 0.05) is 17.6 Å². The summed E-state index contributed by atoms with van der Waals surface area (Å²) in [5.41, 5.74) is 2.07. The van der Waals surface area contributed by atoms with Gasteiger partial charge in [-0.3, -0.25) is 0 Å². The second kappa shape index (κ2) is 7.10. The third-order valence-corrected chi connectivity index (χ3v) is 3.83. The number of hydrogen-bond acceptors (Lipinski definition) is 2. The molecule has 0 bridgehead atoms. The molecule has 19 heavy (non-hydrogen) atoms. The Labute approximate surface area is 132 Å². The van der Waals surface area contributed by atoms with E-state index in [1.807, 2.05) is 36.4 Å². The van der Waals surface area contributed by atoms with Crippen molar-refractivity contribution in [1.29, 1.82) is 0 Å². The van der Waals surface area contributed by atoms with Crippen molar-refractivity contribution >= 4 is 34.2 Å². The summed E-state index contributed by atoms with van der Waals surface area (Å²) in [6.45, 7) is 2.13. The van der Waals surface area contributed by atoms with Gasteiger partial charge in [-0.05, 0) is 52.8 Å². The highest BCUT2D eigenvalue weighted by atomic mass is 127. The fourth-order valence-electron chi connectivity index (χ4n) is 1.77. The number of pyridine rings is 1. The number of aryl methyl sites for hydroxylation is 1. The molecule has 0 saturated carbocycles. The summed E-state index contributed by atoms with van der Waals surface area (Å²) in [4.78, 5) is 4.52. The smallest absolute Gasteiger partial charge is 0.219 e. The summed E-state index contributed by atoms with van der Waals surface area (Å²) in [6.07, 6.45) is 1.99. The molecule has 0 fully saturated rings. The van der Waals surface area contributed by atoms with Gasteiger partial charge in [0.25, 0.3) is 0 Å². The van der Waals surface area contributed by atoms with Crippen molar-refractivity contribution in [1.82, 2.24) is 4.98 Å². The van der Waals surface area contributed by atoms with Crippen LogP contribution in [0.5, 0.6) is 11.6 Å². The Morgan fingerprint density at radius 3 is 2.74 bits per heavy atom. The van der Waals surface area contributed by atoms with Crippen molar-refractivity contribution in [3.63, 3.8) is 0 Å². The predicted octanol–water partition coefficient (Wildman–Crippen LogP) is 5.17. The van der Waals surface area contributed by atoms with Gasteiger partial charge in [0.15, 0.2) is 0 Å². The zero-order valence-electron chi connectivity index (χ0n) is 10.7. The molecule has 0 aliphatic heterocycles. The quantitative estimate of drug-likeness (QED) is 0.521. The minimum absolute atomic E-state index is 0.474. The van der Waals surface area contributed by atoms with Crippen LogP contribution in [0.25, 0.3) is 0 Å². The van der Waals surface area contributed by atoms with Crippen molar-refractivity contribution in [2.24, 2.45) is 0 Å². The Hall–Kier alpha value is -0.810. The van der Waals surface area contributed by atoms with Crippen molar-refractivity contribution < 1.29 is 4.74 Å². The molecule has 0 saturated heterocycles. The van der Waals surface area contributed by atoms with E-state index in [1.165, 1.54) is 0 Å². The molecule has 1 aromatic carbocycles. The van der Waals surface area contributed by atoms with Gasteiger partial charge in [-0.25, -0.2) is 4.98 Å². The highest BCUT2D eigenvalue weighted by Gasteiger charge is 2.06. The van der Waals surface area contributed by atoms with E-state index >= 15 is 0 Å². The topological polar surface area (TPSA) is 22.1 Å². The van der Waals surface area contributed by atoms with Crippen LogP contribution in [0.3, 0.4) is 0 Å². The number of para-hydroxylation sites is 1. The summed E-state index contributed by atoms with van der Waals surface area (Å²) < 4.78 is 6.93. The average molecular weight is 388 g/mol. The molecule has 4 heteroatoms. The van der Waals surface area contributed by atoms with Crippen LogP contribution < -0.4 is 4.74 Å². The van der Waals surface area contributed by atoms with Crippen molar-refractivity contribution in [2.75, 3.05) is 0 Å². The first-order valence-corrected chi connectivity index (χ1v) is 7.82. The molecular formula is C15H15ClINO. The van der Waals surface area contributed by atoms with Gasteiger partial charge in [0.2, 0.25) is 5.88 Å². The van der Waals surface area contributed by atoms with Crippen molar-refractivity contribution in [3.05, 3.63) is 51.2 Å². The van der Waals surface area contributed by atoms with Gasteiger partial charge in [-0.1, -0.05) is 25.5 Å². The number of benzene rings is 1. The highest BCUT2D eigenvalue weighted by Crippen LogP contribution is 2.26. The lowest BCUT2D eigenvalue weighted by molar-refractivity contribution is 0.457. The Kier molecular flexibility index (Phi) is 5.45. The molecule has 1 aromatic heterocycles. The van der Waals surface area contributed by atoms with Crippen LogP contribution in [0.15, 0.2) is 36.4 Å². The fourth-order valence-corrected chi connectivity index (χ4v) is 2.43. The summed E-state index contributed by atoms with van der Waals surface area (Å²) in [5.74, 6) is 1.91. The minimum Gasteiger partial charge on any atom is -0.438 e. The van der Waals surface area contributed by atoms with E-state index in [9.17, 15) is 0 Å². The van der Waals surface area contributed by atoms with E-state index < -0.39 is 0 Å². The van der Waals surface area contributed by atoms with Crippen LogP contribution in [-0.2, 0) is 12.3 Å². The van der Waals surface area contributed by atoms with Crippen molar-refractivity contribution in [3.8, 4) is 11.6 Å². The van der Waals surface area contributed by atoms with Gasteiger partial charge in [-0.15, -0.1) is 11.6 Å². The molecule has 0 aliphatic carbocycles. The molecule has 0 amide bonds. The first-order chi connectivity index (χ1) is 9.22. The molecule has 2 nitrogen and oxygen atoms in total. The standard InChI is InChI=1S/C15H15ClINO/c1-2-5-12-8-11(10-16)9-15(18-12)19-14-7-4-3-6-13(14)17/h3-4,6-9H,2,5,10H2,1H3. The van der Waals surface area contributed by atoms with Crippen LogP contribution in [0.1, 0.15) is 24.6 Å². The molecule has 1 heterocycles. The van der Waals surface area contributed by atoms with E-state index in [1.54, 1.807) is 0 Å². The third-order valence-electron chi connectivity index (χ3n) is 2.63. The van der Waals surface area contributed by atoms with E-state index in [0.717, 1.165) is 33.4 Å². The maximum Gasteiger partial charge on any atom is 0.219 e. The van der Waals surface area contributed by atoms with E-state index in [2.05, 4.69) is 34.5 Å². The Bertz CT molecular complexity index is 560. The summed E-state index contributed by atoms with van der Waals surface area (Å²) in [6, 6.07) is 11.8. The molecule has 0 N–H and O–H groups in total. The normalized spacial score (nSPS) is 10.5. The van der Waals surface area contributed by atoms with Gasteiger partial charge in [0.1, 0.15) is 5.75 Å². The second-order valence-electron chi connectivity index (χ2n) is 4.22. The SMILES string of the molecule is CCCc1cc(CCl)cc(Oc2ccccc2I)n1. The number of hydrogen-bond donors (Lipinski definition) is 0. The first-order valence-electron chi connectivity index (χ1n) is 6.21. The first kappa shape index (κ1) is 14.6. The molecule has 0 atom stereocenters. The lowest BCUT2D eigenvalue weighted by Gasteiger charge is -2.09. The number of rotatable bonds is 5. The van der Waals surface area contributed by atoms with Crippen molar-refractivity contribution in [2.45, 2.75) is 25.6 Å². The van der Waals surface area contributed by atoms with Crippen LogP contribution in [0.2, 0.25) is 0 Å². The highest BCUT2D eigenvalue weighted by molar-refractivity contribution is 14.1. The van der Waals surface area contributed by atoms with E-state index in [0.29, 0.717) is 11.8 Å². The number of aromatic nitrogens is 1. The molecule has 0 radical (unpaired) electrons. The van der Waals surface area contributed by atoms with Gasteiger partial charge < -0.3 is 4.74 Å². The van der Waals surface area contributed by atoms with Crippen LogP contribution in [0, 0.1) is 3.57 Å². The maximum absolute atomic E-state index is 5.92. The largest absolute Gasteiger partial charge is 0.438 e. The molecular weight excluding hydrogens is 373 g/mol.